The lowest BCUT2D eigenvalue weighted by molar-refractivity contribution is -0.898. The van der Waals surface area contributed by atoms with Crippen molar-refractivity contribution in [1.82, 2.24) is 9.97 Å². The summed E-state index contributed by atoms with van der Waals surface area (Å²) in [4.78, 5) is 15.4. The average molecular weight is 357 g/mol. The molecule has 0 unspecified atom stereocenters. The minimum absolute atomic E-state index is 0.212. The number of halogens is 1. The SMILES string of the molecule is CC[NH+]1CCN(c2ncnc3sc(C)c(-c4ccc(F)cc4)c23)CC1. The Morgan fingerprint density at radius 2 is 1.88 bits per heavy atom. The molecule has 0 radical (unpaired) electrons. The molecule has 3 heterocycles. The number of nitrogens with zero attached hydrogens (tertiary/aromatic N) is 3. The van der Waals surface area contributed by atoms with Crippen molar-refractivity contribution < 1.29 is 9.29 Å². The maximum atomic E-state index is 13.4. The van der Waals surface area contributed by atoms with E-state index in [9.17, 15) is 4.39 Å². The molecular weight excluding hydrogens is 335 g/mol. The van der Waals surface area contributed by atoms with Crippen LogP contribution >= 0.6 is 11.3 Å². The van der Waals surface area contributed by atoms with Crippen molar-refractivity contribution in [2.75, 3.05) is 37.6 Å². The summed E-state index contributed by atoms with van der Waals surface area (Å²) >= 11 is 1.68. The number of nitrogens with one attached hydrogen (secondary N) is 1. The van der Waals surface area contributed by atoms with E-state index in [1.165, 1.54) is 23.6 Å². The summed E-state index contributed by atoms with van der Waals surface area (Å²) in [5.74, 6) is 0.805. The fraction of sp³-hybridized carbons (Fsp3) is 0.368. The Balaban J connectivity index is 1.82. The molecule has 0 bridgehead atoms. The summed E-state index contributed by atoms with van der Waals surface area (Å²) in [5.41, 5.74) is 2.17. The van der Waals surface area contributed by atoms with Crippen LogP contribution < -0.4 is 9.80 Å². The summed E-state index contributed by atoms with van der Waals surface area (Å²) in [6, 6.07) is 6.73. The second-order valence-electron chi connectivity index (χ2n) is 6.51. The highest BCUT2D eigenvalue weighted by atomic mass is 32.1. The monoisotopic (exact) mass is 357 g/mol. The maximum absolute atomic E-state index is 13.4. The lowest BCUT2D eigenvalue weighted by atomic mass is 10.0. The number of aryl methyl sites for hydroxylation is 1. The predicted octanol–water partition coefficient (Wildman–Crippen LogP) is 2.53. The molecule has 0 spiro atoms. The number of piperazine rings is 1. The number of fused-ring (bicyclic) bond motifs is 1. The van der Waals surface area contributed by atoms with Crippen molar-refractivity contribution in [3.05, 3.63) is 41.3 Å². The largest absolute Gasteiger partial charge is 0.345 e. The highest BCUT2D eigenvalue weighted by Crippen LogP contribution is 2.41. The molecule has 130 valence electrons. The Labute approximate surface area is 150 Å². The summed E-state index contributed by atoms with van der Waals surface area (Å²) < 4.78 is 13.4. The van der Waals surface area contributed by atoms with E-state index in [0.717, 1.165) is 53.3 Å². The third-order valence-corrected chi connectivity index (χ3v) is 6.06. The van der Waals surface area contributed by atoms with Crippen molar-refractivity contribution in [3.63, 3.8) is 0 Å². The van der Waals surface area contributed by atoms with Gasteiger partial charge in [0.15, 0.2) is 0 Å². The van der Waals surface area contributed by atoms with E-state index in [-0.39, 0.29) is 5.82 Å². The van der Waals surface area contributed by atoms with Gasteiger partial charge in [-0.1, -0.05) is 12.1 Å². The maximum Gasteiger partial charge on any atom is 0.141 e. The van der Waals surface area contributed by atoms with Gasteiger partial charge < -0.3 is 9.80 Å². The van der Waals surface area contributed by atoms with Crippen LogP contribution in [0.25, 0.3) is 21.3 Å². The molecule has 25 heavy (non-hydrogen) atoms. The van der Waals surface area contributed by atoms with Crippen LogP contribution in [0.15, 0.2) is 30.6 Å². The molecule has 1 fully saturated rings. The molecule has 3 aromatic rings. The summed E-state index contributed by atoms with van der Waals surface area (Å²) in [6.07, 6.45) is 1.67. The predicted molar refractivity (Wildman–Crippen MR) is 101 cm³/mol. The van der Waals surface area contributed by atoms with Crippen molar-refractivity contribution in [2.24, 2.45) is 0 Å². The Bertz CT molecular complexity index is 882. The first-order chi connectivity index (χ1) is 12.2. The van der Waals surface area contributed by atoms with Gasteiger partial charge in [0.1, 0.15) is 22.8 Å². The molecule has 1 aliphatic rings. The zero-order chi connectivity index (χ0) is 17.4. The second kappa shape index (κ2) is 6.69. The Morgan fingerprint density at radius 1 is 1.16 bits per heavy atom. The van der Waals surface area contributed by atoms with Crippen LogP contribution in [0.5, 0.6) is 0 Å². The highest BCUT2D eigenvalue weighted by molar-refractivity contribution is 7.19. The molecule has 0 amide bonds. The van der Waals surface area contributed by atoms with Crippen LogP contribution in [0.4, 0.5) is 10.2 Å². The molecular formula is C19H22FN4S+. The van der Waals surface area contributed by atoms with Crippen molar-refractivity contribution in [2.45, 2.75) is 13.8 Å². The molecule has 2 aromatic heterocycles. The number of benzene rings is 1. The highest BCUT2D eigenvalue weighted by Gasteiger charge is 2.24. The van der Waals surface area contributed by atoms with Crippen molar-refractivity contribution in [3.8, 4) is 11.1 Å². The topological polar surface area (TPSA) is 33.5 Å². The Kier molecular flexibility index (Phi) is 4.39. The molecule has 0 saturated carbocycles. The number of hydrogen-bond acceptors (Lipinski definition) is 4. The van der Waals surface area contributed by atoms with Crippen LogP contribution in [0.3, 0.4) is 0 Å². The fourth-order valence-electron chi connectivity index (χ4n) is 3.62. The molecule has 1 aromatic carbocycles. The Hall–Kier alpha value is -2.05. The van der Waals surface area contributed by atoms with Crippen molar-refractivity contribution in [1.29, 1.82) is 0 Å². The number of quaternary nitrogens is 1. The molecule has 1 N–H and O–H groups in total. The molecule has 0 atom stereocenters. The summed E-state index contributed by atoms with van der Waals surface area (Å²) in [5, 5.41) is 1.11. The van der Waals surface area contributed by atoms with E-state index < -0.39 is 0 Å². The standard InChI is InChI=1S/C19H21FN4S/c1-3-23-8-10-24(11-9-23)18-17-16(14-4-6-15(20)7-5-14)13(2)25-19(17)22-12-21-18/h4-7,12H,3,8-11H2,1-2H3/p+1. The zero-order valence-corrected chi connectivity index (χ0v) is 15.4. The second-order valence-corrected chi connectivity index (χ2v) is 7.71. The Morgan fingerprint density at radius 3 is 2.56 bits per heavy atom. The third kappa shape index (κ3) is 3.00. The smallest absolute Gasteiger partial charge is 0.141 e. The third-order valence-electron chi connectivity index (χ3n) is 5.05. The quantitative estimate of drug-likeness (QED) is 0.782. The summed E-state index contributed by atoms with van der Waals surface area (Å²) in [7, 11) is 0. The minimum atomic E-state index is -0.212. The van der Waals surface area contributed by atoms with Gasteiger partial charge in [0.05, 0.1) is 38.1 Å². The first kappa shape index (κ1) is 16.4. The number of aromatic nitrogens is 2. The van der Waals surface area contributed by atoms with Gasteiger partial charge in [0, 0.05) is 10.4 Å². The molecule has 4 nitrogen and oxygen atoms in total. The minimum Gasteiger partial charge on any atom is -0.345 e. The first-order valence-corrected chi connectivity index (χ1v) is 9.57. The number of anilines is 1. The van der Waals surface area contributed by atoms with Gasteiger partial charge in [-0.2, -0.15) is 0 Å². The van der Waals surface area contributed by atoms with E-state index in [1.54, 1.807) is 22.6 Å². The van der Waals surface area contributed by atoms with Crippen LogP contribution in [0.2, 0.25) is 0 Å². The van der Waals surface area contributed by atoms with Gasteiger partial charge >= 0.3 is 0 Å². The van der Waals surface area contributed by atoms with E-state index in [1.807, 2.05) is 12.1 Å². The van der Waals surface area contributed by atoms with Crippen LogP contribution in [0.1, 0.15) is 11.8 Å². The van der Waals surface area contributed by atoms with Crippen molar-refractivity contribution >= 4 is 27.4 Å². The molecule has 6 heteroatoms. The van der Waals surface area contributed by atoms with Crippen LogP contribution in [-0.4, -0.2) is 42.7 Å². The molecule has 1 aliphatic heterocycles. The fourth-order valence-corrected chi connectivity index (χ4v) is 4.63. The number of rotatable bonds is 3. The van der Waals surface area contributed by atoms with Crippen LogP contribution in [0, 0.1) is 12.7 Å². The molecule has 0 aliphatic carbocycles. The average Bonchev–Trinajstić information content (AvgIpc) is 2.98. The number of hydrogen-bond donors (Lipinski definition) is 1. The molecule has 4 rings (SSSR count). The van der Waals surface area contributed by atoms with Gasteiger partial charge in [-0.25, -0.2) is 14.4 Å². The first-order valence-electron chi connectivity index (χ1n) is 8.76. The lowest BCUT2D eigenvalue weighted by Gasteiger charge is -2.32. The van der Waals surface area contributed by atoms with E-state index in [4.69, 9.17) is 0 Å². The molecule has 1 saturated heterocycles. The van der Waals surface area contributed by atoms with E-state index >= 15 is 0 Å². The number of likely N-dealkylation sites (N-methyl/N-ethyl adjacent to an activating group) is 1. The summed E-state index contributed by atoms with van der Waals surface area (Å²) in [6.45, 7) is 9.80. The zero-order valence-electron chi connectivity index (χ0n) is 14.6. The van der Waals surface area contributed by atoms with Gasteiger partial charge in [-0.15, -0.1) is 11.3 Å². The van der Waals surface area contributed by atoms with E-state index in [2.05, 4.69) is 28.7 Å². The van der Waals surface area contributed by atoms with Crippen LogP contribution in [-0.2, 0) is 0 Å². The van der Waals surface area contributed by atoms with Gasteiger partial charge in [-0.05, 0) is 31.5 Å². The van der Waals surface area contributed by atoms with Gasteiger partial charge in [0.25, 0.3) is 0 Å². The normalized spacial score (nSPS) is 15.9. The van der Waals surface area contributed by atoms with Gasteiger partial charge in [0.2, 0.25) is 0 Å². The van der Waals surface area contributed by atoms with E-state index in [0.29, 0.717) is 0 Å². The van der Waals surface area contributed by atoms with Gasteiger partial charge in [-0.3, -0.25) is 0 Å². The lowest BCUT2D eigenvalue weighted by Crippen LogP contribution is -3.14. The number of thiophene rings is 1.